The number of fused-ring (bicyclic) bond motifs is 1. The number of aromatic amines is 1. The molecule has 0 amide bonds. The molecule has 1 aliphatic heterocycles. The van der Waals surface area contributed by atoms with Crippen LogP contribution >= 0.6 is 11.6 Å². The van der Waals surface area contributed by atoms with Crippen LogP contribution in [0.3, 0.4) is 0 Å². The lowest BCUT2D eigenvalue weighted by molar-refractivity contribution is 0.269. The smallest absolute Gasteiger partial charge is 0.244 e. The molecular weight excluding hydrogens is 440 g/mol. The number of benzene rings is 2. The van der Waals surface area contributed by atoms with Gasteiger partial charge in [0.25, 0.3) is 0 Å². The zero-order valence-corrected chi connectivity index (χ0v) is 19.3. The predicted molar refractivity (Wildman–Crippen MR) is 125 cm³/mol. The number of nitrogens with zero attached hydrogens (tertiary/aromatic N) is 2. The van der Waals surface area contributed by atoms with Gasteiger partial charge in [-0.15, -0.1) is 5.10 Å². The van der Waals surface area contributed by atoms with E-state index in [2.05, 4.69) is 23.2 Å². The Hall–Kier alpha value is -3.63. The van der Waals surface area contributed by atoms with Crippen molar-refractivity contribution in [2.75, 3.05) is 6.61 Å². The van der Waals surface area contributed by atoms with Crippen LogP contribution in [0.25, 0.3) is 0 Å². The summed E-state index contributed by atoms with van der Waals surface area (Å²) in [6.07, 6.45) is 1.70. The fourth-order valence-corrected chi connectivity index (χ4v) is 4.04. The van der Waals surface area contributed by atoms with Gasteiger partial charge in [-0.05, 0) is 48.7 Å². The Morgan fingerprint density at radius 2 is 1.94 bits per heavy atom. The molecule has 0 aliphatic carbocycles. The summed E-state index contributed by atoms with van der Waals surface area (Å²) in [5.41, 5.74) is 10.0. The lowest BCUT2D eigenvalue weighted by Crippen LogP contribution is -2.21. The van der Waals surface area contributed by atoms with Crippen LogP contribution in [0.4, 0.5) is 0 Å². The first-order chi connectivity index (χ1) is 16.0. The van der Waals surface area contributed by atoms with Crippen LogP contribution in [0.15, 0.2) is 53.9 Å². The van der Waals surface area contributed by atoms with E-state index in [1.165, 1.54) is 0 Å². The summed E-state index contributed by atoms with van der Waals surface area (Å²) < 4.78 is 17.6. The number of aryl methyl sites for hydroxylation is 1. The summed E-state index contributed by atoms with van der Waals surface area (Å²) in [7, 11) is 0. The van der Waals surface area contributed by atoms with Crippen LogP contribution in [0.2, 0.25) is 5.02 Å². The van der Waals surface area contributed by atoms with E-state index in [0.717, 1.165) is 35.2 Å². The standard InChI is InChI=1S/C25H25ClN4O3/c1-3-5-19-23-22(18(13-27)24(28)33-25(23)30-29-19)16-8-11-20(21(12-16)31-4-2)32-14-15-6-9-17(26)10-7-15/h6-12,22H,3-5,14,28H2,1-2H3,(H,29,30). The number of nitrogens with one attached hydrogen (secondary N) is 1. The maximum Gasteiger partial charge on any atom is 0.244 e. The number of H-pyrrole nitrogens is 1. The molecule has 0 radical (unpaired) electrons. The highest BCUT2D eigenvalue weighted by Gasteiger charge is 2.35. The molecule has 33 heavy (non-hydrogen) atoms. The molecule has 0 saturated carbocycles. The van der Waals surface area contributed by atoms with E-state index in [4.69, 9.17) is 31.5 Å². The van der Waals surface area contributed by atoms with Crippen molar-refractivity contribution in [1.29, 1.82) is 5.26 Å². The minimum Gasteiger partial charge on any atom is -0.490 e. The molecule has 0 fully saturated rings. The van der Waals surface area contributed by atoms with Gasteiger partial charge in [0.05, 0.1) is 12.5 Å². The van der Waals surface area contributed by atoms with Gasteiger partial charge in [0, 0.05) is 16.3 Å². The first-order valence-corrected chi connectivity index (χ1v) is 11.2. The van der Waals surface area contributed by atoms with Crippen molar-refractivity contribution in [3.63, 3.8) is 0 Å². The van der Waals surface area contributed by atoms with Gasteiger partial charge in [0.15, 0.2) is 11.5 Å². The van der Waals surface area contributed by atoms with Crippen LogP contribution in [0.5, 0.6) is 17.4 Å². The molecule has 1 unspecified atom stereocenters. The minimum absolute atomic E-state index is 0.0607. The average Bonchev–Trinajstić information content (AvgIpc) is 3.20. The number of halogens is 1. The number of hydrogen-bond acceptors (Lipinski definition) is 6. The average molecular weight is 465 g/mol. The van der Waals surface area contributed by atoms with Crippen molar-refractivity contribution < 1.29 is 14.2 Å². The van der Waals surface area contributed by atoms with Crippen LogP contribution in [-0.2, 0) is 13.0 Å². The third-order valence-electron chi connectivity index (χ3n) is 5.43. The molecule has 1 atom stereocenters. The monoisotopic (exact) mass is 464 g/mol. The van der Waals surface area contributed by atoms with Gasteiger partial charge in [0.2, 0.25) is 11.8 Å². The summed E-state index contributed by atoms with van der Waals surface area (Å²) in [5, 5.41) is 17.9. The van der Waals surface area contributed by atoms with Crippen molar-refractivity contribution in [2.45, 2.75) is 39.2 Å². The summed E-state index contributed by atoms with van der Waals surface area (Å²) >= 11 is 5.97. The van der Waals surface area contributed by atoms with Crippen LogP contribution < -0.4 is 19.9 Å². The van der Waals surface area contributed by atoms with Crippen molar-refractivity contribution in [1.82, 2.24) is 10.2 Å². The van der Waals surface area contributed by atoms with E-state index in [0.29, 0.717) is 41.2 Å². The molecule has 7 nitrogen and oxygen atoms in total. The van der Waals surface area contributed by atoms with Gasteiger partial charge in [-0.2, -0.15) is 5.26 Å². The summed E-state index contributed by atoms with van der Waals surface area (Å²) in [6.45, 7) is 4.84. The number of ether oxygens (including phenoxy) is 3. The molecule has 3 aromatic rings. The fraction of sp³-hybridized carbons (Fsp3) is 0.280. The quantitative estimate of drug-likeness (QED) is 0.473. The molecule has 1 aromatic heterocycles. The SMILES string of the molecule is CCCc1[nH]nc2c1C(c1ccc(OCc3ccc(Cl)cc3)c(OCC)c1)C(C#N)=C(N)O2. The number of rotatable bonds is 8. The molecule has 0 spiro atoms. The molecular formula is C25H25ClN4O3. The molecule has 3 N–H and O–H groups in total. The zero-order chi connectivity index (χ0) is 23.4. The third kappa shape index (κ3) is 4.62. The van der Waals surface area contributed by atoms with Crippen LogP contribution in [0, 0.1) is 11.3 Å². The van der Waals surface area contributed by atoms with Gasteiger partial charge in [0.1, 0.15) is 18.2 Å². The van der Waals surface area contributed by atoms with Crippen molar-refractivity contribution in [3.05, 3.63) is 81.3 Å². The van der Waals surface area contributed by atoms with Crippen molar-refractivity contribution in [2.24, 2.45) is 5.73 Å². The second-order valence-corrected chi connectivity index (χ2v) is 8.09. The van der Waals surface area contributed by atoms with Crippen molar-refractivity contribution >= 4 is 11.6 Å². The highest BCUT2D eigenvalue weighted by Crippen LogP contribution is 2.45. The predicted octanol–water partition coefficient (Wildman–Crippen LogP) is 5.21. The number of allylic oxidation sites excluding steroid dienone is 1. The molecule has 4 rings (SSSR count). The number of aromatic nitrogens is 2. The summed E-state index contributed by atoms with van der Waals surface area (Å²) in [6, 6.07) is 15.4. The first-order valence-electron chi connectivity index (χ1n) is 10.8. The maximum atomic E-state index is 9.87. The second-order valence-electron chi connectivity index (χ2n) is 7.65. The van der Waals surface area contributed by atoms with Gasteiger partial charge in [-0.1, -0.05) is 43.1 Å². The van der Waals surface area contributed by atoms with Gasteiger partial charge in [-0.3, -0.25) is 5.10 Å². The molecule has 2 aromatic carbocycles. The number of nitrogens with two attached hydrogens (primary N) is 1. The molecule has 170 valence electrons. The number of hydrogen-bond donors (Lipinski definition) is 2. The lowest BCUT2D eigenvalue weighted by Gasteiger charge is -2.25. The molecule has 0 saturated heterocycles. The number of nitriles is 1. The molecule has 8 heteroatoms. The lowest BCUT2D eigenvalue weighted by atomic mass is 9.83. The Kier molecular flexibility index (Phi) is 6.76. The van der Waals surface area contributed by atoms with Crippen LogP contribution in [0.1, 0.15) is 48.6 Å². The van der Waals surface area contributed by atoms with Gasteiger partial charge < -0.3 is 19.9 Å². The van der Waals surface area contributed by atoms with E-state index in [9.17, 15) is 5.26 Å². The van der Waals surface area contributed by atoms with E-state index in [-0.39, 0.29) is 5.88 Å². The zero-order valence-electron chi connectivity index (χ0n) is 18.5. The Morgan fingerprint density at radius 3 is 2.64 bits per heavy atom. The van der Waals surface area contributed by atoms with Crippen molar-refractivity contribution in [3.8, 4) is 23.4 Å². The van der Waals surface area contributed by atoms with Gasteiger partial charge >= 0.3 is 0 Å². The molecule has 1 aliphatic rings. The summed E-state index contributed by atoms with van der Waals surface area (Å²) in [4.78, 5) is 0. The normalized spacial score (nSPS) is 14.9. The Balaban J connectivity index is 1.71. The van der Waals surface area contributed by atoms with E-state index in [1.807, 2.05) is 49.4 Å². The highest BCUT2D eigenvalue weighted by atomic mass is 35.5. The molecule has 0 bridgehead atoms. The Morgan fingerprint density at radius 1 is 1.15 bits per heavy atom. The van der Waals surface area contributed by atoms with E-state index in [1.54, 1.807) is 0 Å². The summed E-state index contributed by atoms with van der Waals surface area (Å²) in [5.74, 6) is 1.25. The van der Waals surface area contributed by atoms with E-state index < -0.39 is 5.92 Å². The van der Waals surface area contributed by atoms with Gasteiger partial charge in [-0.25, -0.2) is 0 Å². The molecule has 2 heterocycles. The van der Waals surface area contributed by atoms with E-state index >= 15 is 0 Å². The van der Waals surface area contributed by atoms with Crippen LogP contribution in [-0.4, -0.2) is 16.8 Å². The second kappa shape index (κ2) is 9.88. The Bertz CT molecular complexity index is 1210. The first kappa shape index (κ1) is 22.6. The minimum atomic E-state index is -0.413. The third-order valence-corrected chi connectivity index (χ3v) is 5.68. The topological polar surface area (TPSA) is 106 Å². The largest absolute Gasteiger partial charge is 0.490 e. The fourth-order valence-electron chi connectivity index (χ4n) is 3.92. The Labute approximate surface area is 197 Å². The highest BCUT2D eigenvalue weighted by molar-refractivity contribution is 6.30. The maximum absolute atomic E-state index is 9.87.